The lowest BCUT2D eigenvalue weighted by Crippen LogP contribution is -2.24. The standard InChI is InChI=1S/C23H22N4OS2/c1-16-20(30-23(29)25-16)12-21(28)24-13-19-15-27(14-17-8-4-2-5-9-17)26-22(19)18-10-6-3-7-11-18/h2-11,15H,12-14H2,1H3,(H,24,28)(H,25,29). The summed E-state index contributed by atoms with van der Waals surface area (Å²) in [5, 5.41) is 7.84. The maximum absolute atomic E-state index is 12.5. The van der Waals surface area contributed by atoms with Crippen molar-refractivity contribution in [3.05, 3.63) is 92.5 Å². The highest BCUT2D eigenvalue weighted by molar-refractivity contribution is 7.73. The number of nitrogens with one attached hydrogen (secondary N) is 2. The molecule has 0 spiro atoms. The lowest BCUT2D eigenvalue weighted by atomic mass is 10.1. The highest BCUT2D eigenvalue weighted by Gasteiger charge is 2.14. The van der Waals surface area contributed by atoms with Gasteiger partial charge in [-0.05, 0) is 24.7 Å². The smallest absolute Gasteiger partial charge is 0.225 e. The predicted molar refractivity (Wildman–Crippen MR) is 123 cm³/mol. The number of aryl methyl sites for hydroxylation is 1. The lowest BCUT2D eigenvalue weighted by molar-refractivity contribution is -0.120. The third kappa shape index (κ3) is 4.93. The highest BCUT2D eigenvalue weighted by Crippen LogP contribution is 2.22. The first-order valence-corrected chi connectivity index (χ1v) is 10.9. The molecule has 0 aliphatic carbocycles. The molecule has 2 aromatic heterocycles. The topological polar surface area (TPSA) is 62.7 Å². The second-order valence-electron chi connectivity index (χ2n) is 7.07. The number of hydrogen-bond donors (Lipinski definition) is 2. The number of H-pyrrole nitrogens is 1. The summed E-state index contributed by atoms with van der Waals surface area (Å²) in [5.41, 5.74) is 5.05. The van der Waals surface area contributed by atoms with Gasteiger partial charge in [-0.2, -0.15) is 5.10 Å². The minimum Gasteiger partial charge on any atom is -0.352 e. The van der Waals surface area contributed by atoms with Crippen LogP contribution in [0.5, 0.6) is 0 Å². The molecule has 0 aliphatic heterocycles. The van der Waals surface area contributed by atoms with E-state index in [0.717, 1.165) is 27.4 Å². The Morgan fingerprint density at radius 2 is 1.83 bits per heavy atom. The molecule has 30 heavy (non-hydrogen) atoms. The Balaban J connectivity index is 1.52. The van der Waals surface area contributed by atoms with Gasteiger partial charge in [0, 0.05) is 34.4 Å². The Kier molecular flexibility index (Phi) is 6.21. The average molecular weight is 435 g/mol. The van der Waals surface area contributed by atoms with E-state index in [1.54, 1.807) is 0 Å². The maximum Gasteiger partial charge on any atom is 0.225 e. The maximum atomic E-state index is 12.5. The third-order valence-electron chi connectivity index (χ3n) is 4.79. The first-order chi connectivity index (χ1) is 14.6. The Hall–Kier alpha value is -3.03. The summed E-state index contributed by atoms with van der Waals surface area (Å²) >= 11 is 6.61. The van der Waals surface area contributed by atoms with E-state index in [2.05, 4.69) is 22.4 Å². The minimum absolute atomic E-state index is 0.0295. The summed E-state index contributed by atoms with van der Waals surface area (Å²) in [6, 6.07) is 20.3. The van der Waals surface area contributed by atoms with Crippen molar-refractivity contribution in [1.82, 2.24) is 20.1 Å². The van der Waals surface area contributed by atoms with Gasteiger partial charge in [0.25, 0.3) is 0 Å². The van der Waals surface area contributed by atoms with E-state index in [1.807, 2.05) is 66.3 Å². The van der Waals surface area contributed by atoms with Crippen molar-refractivity contribution in [2.75, 3.05) is 0 Å². The second kappa shape index (κ2) is 9.19. The molecule has 0 bridgehead atoms. The van der Waals surface area contributed by atoms with Crippen molar-refractivity contribution in [2.45, 2.75) is 26.4 Å². The fourth-order valence-electron chi connectivity index (χ4n) is 3.29. The van der Waals surface area contributed by atoms with Gasteiger partial charge < -0.3 is 10.3 Å². The van der Waals surface area contributed by atoms with Crippen LogP contribution in [0.25, 0.3) is 11.3 Å². The number of rotatable bonds is 7. The van der Waals surface area contributed by atoms with Crippen LogP contribution in [0, 0.1) is 10.9 Å². The van der Waals surface area contributed by atoms with Crippen LogP contribution in [-0.4, -0.2) is 20.7 Å². The van der Waals surface area contributed by atoms with Crippen LogP contribution in [0.1, 0.15) is 21.7 Å². The number of carbonyl (C=O) groups excluding carboxylic acids is 1. The second-order valence-corrected chi connectivity index (χ2v) is 8.84. The molecule has 0 atom stereocenters. The number of benzene rings is 2. The van der Waals surface area contributed by atoms with E-state index in [0.29, 0.717) is 23.5 Å². The molecule has 2 N–H and O–H groups in total. The SMILES string of the molecule is Cc1[nH]c(=S)sc1CC(=O)NCc1cn(Cc2ccccc2)nc1-c1ccccc1. The van der Waals surface area contributed by atoms with Gasteiger partial charge in [0.2, 0.25) is 5.91 Å². The minimum atomic E-state index is -0.0295. The van der Waals surface area contributed by atoms with Gasteiger partial charge in [-0.25, -0.2) is 0 Å². The first-order valence-electron chi connectivity index (χ1n) is 9.69. The fourth-order valence-corrected chi connectivity index (χ4v) is 4.58. The molecule has 0 saturated carbocycles. The van der Waals surface area contributed by atoms with E-state index in [1.165, 1.54) is 16.9 Å². The van der Waals surface area contributed by atoms with Crippen LogP contribution in [-0.2, 0) is 24.3 Å². The van der Waals surface area contributed by atoms with Gasteiger partial charge >= 0.3 is 0 Å². The largest absolute Gasteiger partial charge is 0.352 e. The number of hydrogen-bond acceptors (Lipinski definition) is 4. The molecule has 0 saturated heterocycles. The van der Waals surface area contributed by atoms with E-state index in [4.69, 9.17) is 17.3 Å². The summed E-state index contributed by atoms with van der Waals surface area (Å²) in [5.74, 6) is -0.0295. The third-order valence-corrected chi connectivity index (χ3v) is 6.13. The van der Waals surface area contributed by atoms with Gasteiger partial charge in [0.05, 0.1) is 18.7 Å². The quantitative estimate of drug-likeness (QED) is 0.407. The highest BCUT2D eigenvalue weighted by atomic mass is 32.1. The first kappa shape index (κ1) is 20.3. The Bertz CT molecular complexity index is 1190. The number of aromatic nitrogens is 3. The monoisotopic (exact) mass is 434 g/mol. The summed E-state index contributed by atoms with van der Waals surface area (Å²) in [6.07, 6.45) is 2.34. The Morgan fingerprint density at radius 3 is 2.50 bits per heavy atom. The predicted octanol–water partition coefficient (Wildman–Crippen LogP) is 4.88. The summed E-state index contributed by atoms with van der Waals surface area (Å²) in [4.78, 5) is 16.6. The van der Waals surface area contributed by atoms with Gasteiger partial charge in [0.1, 0.15) is 0 Å². The van der Waals surface area contributed by atoms with Crippen molar-refractivity contribution in [1.29, 1.82) is 0 Å². The zero-order chi connectivity index (χ0) is 20.9. The average Bonchev–Trinajstić information content (AvgIpc) is 3.29. The molecular formula is C23H22N4OS2. The Labute approximate surface area is 184 Å². The van der Waals surface area contributed by atoms with Crippen molar-refractivity contribution < 1.29 is 4.79 Å². The summed E-state index contributed by atoms with van der Waals surface area (Å²) in [6.45, 7) is 3.04. The molecule has 4 rings (SSSR count). The summed E-state index contributed by atoms with van der Waals surface area (Å²) in [7, 11) is 0. The zero-order valence-electron chi connectivity index (χ0n) is 16.6. The van der Waals surface area contributed by atoms with Crippen molar-refractivity contribution >= 4 is 29.5 Å². The van der Waals surface area contributed by atoms with E-state index in [-0.39, 0.29) is 5.91 Å². The molecule has 1 amide bonds. The molecule has 7 heteroatoms. The van der Waals surface area contributed by atoms with E-state index in [9.17, 15) is 4.79 Å². The molecule has 4 aromatic rings. The number of aromatic amines is 1. The molecule has 0 aliphatic rings. The van der Waals surface area contributed by atoms with Crippen LogP contribution >= 0.6 is 23.6 Å². The van der Waals surface area contributed by atoms with Gasteiger partial charge in [0.15, 0.2) is 3.95 Å². The molecule has 5 nitrogen and oxygen atoms in total. The van der Waals surface area contributed by atoms with E-state index >= 15 is 0 Å². The van der Waals surface area contributed by atoms with Crippen LogP contribution in [0.2, 0.25) is 0 Å². The summed E-state index contributed by atoms with van der Waals surface area (Å²) < 4.78 is 2.63. The molecule has 2 heterocycles. The zero-order valence-corrected chi connectivity index (χ0v) is 18.2. The van der Waals surface area contributed by atoms with Crippen LogP contribution in [0.15, 0.2) is 66.9 Å². The van der Waals surface area contributed by atoms with Crippen molar-refractivity contribution in [2.24, 2.45) is 0 Å². The Morgan fingerprint density at radius 1 is 1.13 bits per heavy atom. The van der Waals surface area contributed by atoms with Crippen LogP contribution < -0.4 is 5.32 Å². The van der Waals surface area contributed by atoms with Gasteiger partial charge in [-0.15, -0.1) is 11.3 Å². The van der Waals surface area contributed by atoms with Gasteiger partial charge in [-0.3, -0.25) is 9.48 Å². The molecule has 2 aromatic carbocycles. The number of carbonyl (C=O) groups is 1. The van der Waals surface area contributed by atoms with Gasteiger partial charge in [-0.1, -0.05) is 60.7 Å². The number of thiazole rings is 1. The molecule has 0 fully saturated rings. The molecule has 0 radical (unpaired) electrons. The molecule has 152 valence electrons. The number of amides is 1. The fraction of sp³-hybridized carbons (Fsp3) is 0.174. The number of nitrogens with zero attached hydrogens (tertiary/aromatic N) is 2. The van der Waals surface area contributed by atoms with Crippen molar-refractivity contribution in [3.8, 4) is 11.3 Å². The lowest BCUT2D eigenvalue weighted by Gasteiger charge is -2.05. The molecule has 0 unspecified atom stereocenters. The van der Waals surface area contributed by atoms with E-state index < -0.39 is 0 Å². The van der Waals surface area contributed by atoms with Crippen LogP contribution in [0.4, 0.5) is 0 Å². The van der Waals surface area contributed by atoms with Crippen LogP contribution in [0.3, 0.4) is 0 Å². The van der Waals surface area contributed by atoms with Crippen molar-refractivity contribution in [3.63, 3.8) is 0 Å². The molecular weight excluding hydrogens is 412 g/mol. The normalized spacial score (nSPS) is 10.8.